The maximum atomic E-state index is 11.1. The Bertz CT molecular complexity index is 468. The third-order valence-electron chi connectivity index (χ3n) is 2.41. The van der Waals surface area contributed by atoms with Gasteiger partial charge in [0.2, 0.25) is 0 Å². The molecule has 1 aromatic heterocycles. The van der Waals surface area contributed by atoms with Crippen molar-refractivity contribution in [3.63, 3.8) is 0 Å². The number of aryl methyl sites for hydroxylation is 1. The van der Waals surface area contributed by atoms with Crippen molar-refractivity contribution in [3.8, 4) is 0 Å². The zero-order valence-corrected chi connectivity index (χ0v) is 11.1. The number of aromatic amines is 1. The van der Waals surface area contributed by atoms with Crippen LogP contribution in [0.2, 0.25) is 0 Å². The lowest BCUT2D eigenvalue weighted by Gasteiger charge is -2.14. The van der Waals surface area contributed by atoms with Crippen LogP contribution >= 0.6 is 11.8 Å². The predicted molar refractivity (Wildman–Crippen MR) is 68.6 cm³/mol. The highest BCUT2D eigenvalue weighted by atomic mass is 32.2. The van der Waals surface area contributed by atoms with Crippen LogP contribution in [0.5, 0.6) is 0 Å². The number of H-pyrrole nitrogens is 1. The van der Waals surface area contributed by atoms with Gasteiger partial charge in [0.25, 0.3) is 0 Å². The van der Waals surface area contributed by atoms with Gasteiger partial charge in [-0.15, -0.1) is 0 Å². The first-order valence-electron chi connectivity index (χ1n) is 5.55. The van der Waals surface area contributed by atoms with E-state index in [4.69, 9.17) is 0 Å². The Kier molecular flexibility index (Phi) is 5.43. The van der Waals surface area contributed by atoms with Crippen LogP contribution in [-0.2, 0) is 7.05 Å². The Labute approximate surface area is 104 Å². The first-order chi connectivity index (χ1) is 8.08. The zero-order valence-electron chi connectivity index (χ0n) is 10.3. The molecule has 0 spiro atoms. The van der Waals surface area contributed by atoms with Crippen molar-refractivity contribution >= 4 is 11.8 Å². The molecule has 1 unspecified atom stereocenters. The number of nitrogens with one attached hydrogen (secondary N) is 2. The lowest BCUT2D eigenvalue weighted by molar-refractivity contribution is 0.559. The van der Waals surface area contributed by atoms with Crippen LogP contribution in [0, 0.1) is 0 Å². The van der Waals surface area contributed by atoms with E-state index >= 15 is 0 Å². The fourth-order valence-corrected chi connectivity index (χ4v) is 2.49. The van der Waals surface area contributed by atoms with Gasteiger partial charge in [-0.25, -0.2) is 0 Å². The first kappa shape index (κ1) is 14.0. The van der Waals surface area contributed by atoms with E-state index < -0.39 is 11.1 Å². The minimum Gasteiger partial charge on any atom is -0.316 e. The summed E-state index contributed by atoms with van der Waals surface area (Å²) in [7, 11) is 3.59. The summed E-state index contributed by atoms with van der Waals surface area (Å²) in [6.45, 7) is 2.13. The molecule has 0 aliphatic rings. The molecule has 0 aromatic carbocycles. The van der Waals surface area contributed by atoms with Gasteiger partial charge in [0, 0.05) is 18.8 Å². The normalized spacial score (nSPS) is 12.6. The molecule has 2 N–H and O–H groups in total. The van der Waals surface area contributed by atoms with Crippen LogP contribution in [0.25, 0.3) is 0 Å². The van der Waals surface area contributed by atoms with Crippen LogP contribution < -0.4 is 16.4 Å². The monoisotopic (exact) mass is 258 g/mol. The Morgan fingerprint density at radius 2 is 2.24 bits per heavy atom. The summed E-state index contributed by atoms with van der Waals surface area (Å²) in [6, 6.07) is 0.383. The molecule has 0 saturated heterocycles. The molecular formula is C10H18N4O2S. The summed E-state index contributed by atoms with van der Waals surface area (Å²) in [5.41, 5.74) is -1.42. The molecule has 1 rings (SSSR count). The van der Waals surface area contributed by atoms with E-state index in [0.717, 1.165) is 18.6 Å². The Balaban J connectivity index is 2.72. The third-order valence-corrected chi connectivity index (χ3v) is 3.60. The Hall–Kier alpha value is -1.08. The lowest BCUT2D eigenvalue weighted by atomic mass is 10.2. The minimum absolute atomic E-state index is 0.383. The molecule has 1 heterocycles. The number of aromatic nitrogens is 3. The number of nitrogens with zero attached hydrogens (tertiary/aromatic N) is 2. The Morgan fingerprint density at radius 1 is 1.53 bits per heavy atom. The Morgan fingerprint density at radius 3 is 2.82 bits per heavy atom. The van der Waals surface area contributed by atoms with Gasteiger partial charge in [0.15, 0.2) is 5.16 Å². The van der Waals surface area contributed by atoms with Crippen molar-refractivity contribution in [3.05, 3.63) is 20.7 Å². The van der Waals surface area contributed by atoms with Gasteiger partial charge in [-0.05, 0) is 13.5 Å². The number of hydrogen-bond donors (Lipinski definition) is 2. The van der Waals surface area contributed by atoms with Crippen LogP contribution in [0.1, 0.15) is 19.8 Å². The van der Waals surface area contributed by atoms with E-state index in [1.807, 2.05) is 7.05 Å². The standard InChI is InChI=1S/C10H18N4O2S/c1-4-5-7(11-2)6-17-10-12-8(15)9(16)13-14(10)3/h7,11H,4-6H2,1-3H3,(H,13,16). The van der Waals surface area contributed by atoms with Gasteiger partial charge < -0.3 is 5.32 Å². The summed E-state index contributed by atoms with van der Waals surface area (Å²) in [6.07, 6.45) is 2.17. The first-order valence-corrected chi connectivity index (χ1v) is 6.54. The van der Waals surface area contributed by atoms with Crippen molar-refractivity contribution < 1.29 is 0 Å². The van der Waals surface area contributed by atoms with Gasteiger partial charge in [-0.3, -0.25) is 19.4 Å². The quantitative estimate of drug-likeness (QED) is 0.552. The molecular weight excluding hydrogens is 240 g/mol. The molecule has 17 heavy (non-hydrogen) atoms. The number of hydrogen-bond acceptors (Lipinski definition) is 5. The third kappa shape index (κ3) is 4.01. The van der Waals surface area contributed by atoms with E-state index in [1.54, 1.807) is 7.05 Å². The van der Waals surface area contributed by atoms with Gasteiger partial charge >= 0.3 is 11.1 Å². The highest BCUT2D eigenvalue weighted by Gasteiger charge is 2.09. The average Bonchev–Trinajstić information content (AvgIpc) is 2.30. The molecule has 0 radical (unpaired) electrons. The van der Waals surface area contributed by atoms with Crippen molar-refractivity contribution in [2.45, 2.75) is 31.0 Å². The predicted octanol–water partition coefficient (Wildman–Crippen LogP) is -0.0512. The summed E-state index contributed by atoms with van der Waals surface area (Å²) >= 11 is 1.46. The lowest BCUT2D eigenvalue weighted by Crippen LogP contribution is -2.34. The minimum atomic E-state index is -0.734. The maximum absolute atomic E-state index is 11.1. The van der Waals surface area contributed by atoms with E-state index in [-0.39, 0.29) is 0 Å². The molecule has 96 valence electrons. The molecule has 0 bridgehead atoms. The van der Waals surface area contributed by atoms with Crippen LogP contribution in [0.15, 0.2) is 14.7 Å². The van der Waals surface area contributed by atoms with Crippen molar-refractivity contribution in [1.82, 2.24) is 20.1 Å². The van der Waals surface area contributed by atoms with E-state index in [1.165, 1.54) is 16.4 Å². The van der Waals surface area contributed by atoms with Crippen molar-refractivity contribution in [1.29, 1.82) is 0 Å². The maximum Gasteiger partial charge on any atom is 0.339 e. The summed E-state index contributed by atoms with van der Waals surface area (Å²) in [5.74, 6) is 0.816. The van der Waals surface area contributed by atoms with Gasteiger partial charge in [0.05, 0.1) is 0 Å². The number of rotatable bonds is 6. The van der Waals surface area contributed by atoms with Crippen molar-refractivity contribution in [2.75, 3.05) is 12.8 Å². The second kappa shape index (κ2) is 6.61. The highest BCUT2D eigenvalue weighted by molar-refractivity contribution is 7.99. The second-order valence-electron chi connectivity index (χ2n) is 3.78. The molecule has 6 nitrogen and oxygen atoms in total. The molecule has 1 atom stereocenters. The summed E-state index contributed by atoms with van der Waals surface area (Å²) < 4.78 is 1.48. The van der Waals surface area contributed by atoms with Gasteiger partial charge in [0.1, 0.15) is 0 Å². The SMILES string of the molecule is CCCC(CSc1nc(=O)c(=O)[nH]n1C)NC. The molecule has 7 heteroatoms. The average molecular weight is 258 g/mol. The molecule has 1 aromatic rings. The summed E-state index contributed by atoms with van der Waals surface area (Å²) in [4.78, 5) is 25.9. The molecule has 0 saturated carbocycles. The van der Waals surface area contributed by atoms with Crippen LogP contribution in [0.4, 0.5) is 0 Å². The molecule has 0 aliphatic carbocycles. The highest BCUT2D eigenvalue weighted by Crippen LogP contribution is 2.14. The van der Waals surface area contributed by atoms with Gasteiger partial charge in [-0.2, -0.15) is 4.98 Å². The topological polar surface area (TPSA) is 79.8 Å². The fourth-order valence-electron chi connectivity index (χ4n) is 1.42. The number of thioether (sulfide) groups is 1. The van der Waals surface area contributed by atoms with Crippen LogP contribution in [-0.4, -0.2) is 33.6 Å². The second-order valence-corrected chi connectivity index (χ2v) is 4.77. The summed E-state index contributed by atoms with van der Waals surface area (Å²) in [5, 5.41) is 6.17. The van der Waals surface area contributed by atoms with E-state index in [0.29, 0.717) is 11.2 Å². The fraction of sp³-hybridized carbons (Fsp3) is 0.700. The molecule has 0 aliphatic heterocycles. The van der Waals surface area contributed by atoms with E-state index in [9.17, 15) is 9.59 Å². The van der Waals surface area contributed by atoms with Gasteiger partial charge in [-0.1, -0.05) is 25.1 Å². The largest absolute Gasteiger partial charge is 0.339 e. The van der Waals surface area contributed by atoms with E-state index in [2.05, 4.69) is 22.3 Å². The molecule has 0 amide bonds. The smallest absolute Gasteiger partial charge is 0.316 e. The van der Waals surface area contributed by atoms with Crippen LogP contribution in [0.3, 0.4) is 0 Å². The molecule has 0 fully saturated rings. The zero-order chi connectivity index (χ0) is 12.8. The van der Waals surface area contributed by atoms with Crippen molar-refractivity contribution in [2.24, 2.45) is 7.05 Å².